The van der Waals surface area contributed by atoms with E-state index in [0.29, 0.717) is 6.04 Å². The molecule has 3 amide bonds. The molecule has 0 spiro atoms. The Morgan fingerprint density at radius 3 is 2.50 bits per heavy atom. The van der Waals surface area contributed by atoms with E-state index < -0.39 is 6.03 Å². The second-order valence-electron chi connectivity index (χ2n) is 4.45. The van der Waals surface area contributed by atoms with E-state index in [1.54, 1.807) is 0 Å². The lowest BCUT2D eigenvalue weighted by atomic mass is 10.1. The van der Waals surface area contributed by atoms with Gasteiger partial charge in [0.05, 0.1) is 5.75 Å². The second-order valence-corrected chi connectivity index (χ2v) is 5.49. The summed E-state index contributed by atoms with van der Waals surface area (Å²) in [6.07, 6.45) is 1.10. The highest BCUT2D eigenvalue weighted by atomic mass is 32.2. The number of hydrogen-bond acceptors (Lipinski definition) is 4. The number of primary amides is 1. The molecule has 1 atom stereocenters. The first-order valence-electron chi connectivity index (χ1n) is 6.58. The zero-order chi connectivity index (χ0) is 15.0. The first-order chi connectivity index (χ1) is 9.52. The zero-order valence-corrected chi connectivity index (χ0v) is 12.6. The number of benzene rings is 1. The van der Waals surface area contributed by atoms with E-state index in [1.165, 1.54) is 17.3 Å². The first-order valence-corrected chi connectivity index (χ1v) is 7.57. The number of carbonyl (C=O) groups excluding carboxylic acids is 2. The van der Waals surface area contributed by atoms with E-state index in [9.17, 15) is 9.59 Å². The molecule has 110 valence electrons. The van der Waals surface area contributed by atoms with Crippen LogP contribution in [-0.2, 0) is 4.79 Å². The number of imide groups is 1. The summed E-state index contributed by atoms with van der Waals surface area (Å²) in [6, 6.07) is 7.53. The van der Waals surface area contributed by atoms with Gasteiger partial charge in [-0.3, -0.25) is 10.1 Å². The summed E-state index contributed by atoms with van der Waals surface area (Å²) in [5.41, 5.74) is 6.08. The largest absolute Gasteiger partial charge is 0.351 e. The van der Waals surface area contributed by atoms with Gasteiger partial charge in [0.25, 0.3) is 0 Å². The minimum absolute atomic E-state index is 0.173. The van der Waals surface area contributed by atoms with Gasteiger partial charge in [-0.05, 0) is 37.6 Å². The van der Waals surface area contributed by atoms with Crippen LogP contribution in [0, 0.1) is 0 Å². The Bertz CT molecular complexity index is 448. The molecule has 5 nitrogen and oxygen atoms in total. The fourth-order valence-corrected chi connectivity index (χ4v) is 2.35. The molecule has 1 aromatic carbocycles. The van der Waals surface area contributed by atoms with Crippen LogP contribution in [0.5, 0.6) is 0 Å². The Morgan fingerprint density at radius 1 is 1.30 bits per heavy atom. The Kier molecular flexibility index (Phi) is 7.11. The number of thioether (sulfide) groups is 1. The standard InChI is InChI=1S/C14H21N3O2S/c1-3-8-16-10(2)11-4-6-12(7-5-11)20-9-13(18)17-14(15)19/h4-7,10,16H,3,8-9H2,1-2H3,(H3,15,17,18,19). The molecule has 0 saturated carbocycles. The van der Waals surface area contributed by atoms with Gasteiger partial charge >= 0.3 is 6.03 Å². The maximum Gasteiger partial charge on any atom is 0.318 e. The van der Waals surface area contributed by atoms with Gasteiger partial charge in [-0.2, -0.15) is 0 Å². The van der Waals surface area contributed by atoms with Crippen LogP contribution in [0.2, 0.25) is 0 Å². The molecule has 1 unspecified atom stereocenters. The van der Waals surface area contributed by atoms with Crippen molar-refractivity contribution in [2.75, 3.05) is 12.3 Å². The van der Waals surface area contributed by atoms with E-state index in [4.69, 9.17) is 5.73 Å². The smallest absolute Gasteiger partial charge is 0.318 e. The number of nitrogens with one attached hydrogen (secondary N) is 2. The average Bonchev–Trinajstić information content (AvgIpc) is 2.42. The highest BCUT2D eigenvalue weighted by Crippen LogP contribution is 2.20. The van der Waals surface area contributed by atoms with Crippen LogP contribution in [0.3, 0.4) is 0 Å². The third-order valence-electron chi connectivity index (χ3n) is 2.71. The molecule has 0 fully saturated rings. The monoisotopic (exact) mass is 295 g/mol. The highest BCUT2D eigenvalue weighted by Gasteiger charge is 2.07. The topological polar surface area (TPSA) is 84.2 Å². The molecule has 4 N–H and O–H groups in total. The van der Waals surface area contributed by atoms with Crippen molar-refractivity contribution in [2.45, 2.75) is 31.2 Å². The Balaban J connectivity index is 2.46. The predicted molar refractivity (Wildman–Crippen MR) is 81.6 cm³/mol. The van der Waals surface area contributed by atoms with Crippen molar-refractivity contribution >= 4 is 23.7 Å². The van der Waals surface area contributed by atoms with E-state index in [-0.39, 0.29) is 11.7 Å². The van der Waals surface area contributed by atoms with Crippen molar-refractivity contribution in [1.29, 1.82) is 0 Å². The number of carbonyl (C=O) groups is 2. The van der Waals surface area contributed by atoms with E-state index in [1.807, 2.05) is 29.6 Å². The Morgan fingerprint density at radius 2 is 1.95 bits per heavy atom. The average molecular weight is 295 g/mol. The number of nitrogens with two attached hydrogens (primary N) is 1. The molecular formula is C14H21N3O2S. The molecule has 1 aromatic rings. The van der Waals surface area contributed by atoms with Gasteiger partial charge in [0.15, 0.2) is 0 Å². The highest BCUT2D eigenvalue weighted by molar-refractivity contribution is 8.00. The molecule has 0 bridgehead atoms. The van der Waals surface area contributed by atoms with Crippen molar-refractivity contribution < 1.29 is 9.59 Å². The van der Waals surface area contributed by atoms with Crippen molar-refractivity contribution in [3.63, 3.8) is 0 Å². The van der Waals surface area contributed by atoms with Crippen LogP contribution in [0.25, 0.3) is 0 Å². The summed E-state index contributed by atoms with van der Waals surface area (Å²) in [4.78, 5) is 22.8. The van der Waals surface area contributed by atoms with Gasteiger partial charge in [0.1, 0.15) is 0 Å². The molecule has 0 aliphatic heterocycles. The van der Waals surface area contributed by atoms with Crippen LogP contribution in [0.4, 0.5) is 4.79 Å². The van der Waals surface area contributed by atoms with E-state index >= 15 is 0 Å². The van der Waals surface area contributed by atoms with Gasteiger partial charge in [0.2, 0.25) is 5.91 Å². The fourth-order valence-electron chi connectivity index (χ4n) is 1.65. The van der Waals surface area contributed by atoms with Crippen LogP contribution in [-0.4, -0.2) is 24.2 Å². The SMILES string of the molecule is CCCNC(C)c1ccc(SCC(=O)NC(N)=O)cc1. The van der Waals surface area contributed by atoms with Crippen molar-refractivity contribution in [3.05, 3.63) is 29.8 Å². The maximum absolute atomic E-state index is 11.3. The predicted octanol–water partition coefficient (Wildman–Crippen LogP) is 2.03. The van der Waals surface area contributed by atoms with Crippen LogP contribution in [0.1, 0.15) is 31.9 Å². The molecule has 0 aromatic heterocycles. The van der Waals surface area contributed by atoms with Crippen LogP contribution < -0.4 is 16.4 Å². The normalized spacial score (nSPS) is 11.9. The quantitative estimate of drug-likeness (QED) is 0.672. The number of rotatable bonds is 7. The molecule has 0 radical (unpaired) electrons. The molecule has 0 heterocycles. The molecule has 20 heavy (non-hydrogen) atoms. The summed E-state index contributed by atoms with van der Waals surface area (Å²) >= 11 is 1.37. The minimum Gasteiger partial charge on any atom is -0.351 e. The van der Waals surface area contributed by atoms with Crippen molar-refractivity contribution in [2.24, 2.45) is 5.73 Å². The van der Waals surface area contributed by atoms with Crippen molar-refractivity contribution in [3.8, 4) is 0 Å². The van der Waals surface area contributed by atoms with Gasteiger partial charge in [-0.15, -0.1) is 11.8 Å². The molecule has 1 rings (SSSR count). The third-order valence-corrected chi connectivity index (χ3v) is 3.73. The Hall–Kier alpha value is -1.53. The summed E-state index contributed by atoms with van der Waals surface area (Å²) in [6.45, 7) is 5.25. The number of amides is 3. The van der Waals surface area contributed by atoms with Crippen LogP contribution >= 0.6 is 11.8 Å². The van der Waals surface area contributed by atoms with Gasteiger partial charge in [-0.1, -0.05) is 19.1 Å². The third kappa shape index (κ3) is 6.08. The lowest BCUT2D eigenvalue weighted by Crippen LogP contribution is -2.36. The van der Waals surface area contributed by atoms with Crippen molar-refractivity contribution in [1.82, 2.24) is 10.6 Å². The maximum atomic E-state index is 11.3. The first kappa shape index (κ1) is 16.5. The van der Waals surface area contributed by atoms with Gasteiger partial charge in [0, 0.05) is 10.9 Å². The molecular weight excluding hydrogens is 274 g/mol. The molecule has 0 aliphatic rings. The van der Waals surface area contributed by atoms with Crippen LogP contribution in [0.15, 0.2) is 29.2 Å². The summed E-state index contributed by atoms with van der Waals surface area (Å²) < 4.78 is 0. The number of hydrogen-bond donors (Lipinski definition) is 3. The second kappa shape index (κ2) is 8.60. The minimum atomic E-state index is -0.818. The van der Waals surface area contributed by atoms with Gasteiger partial charge in [-0.25, -0.2) is 4.79 Å². The summed E-state index contributed by atoms with van der Waals surface area (Å²) in [5.74, 6) is -0.212. The summed E-state index contributed by atoms with van der Waals surface area (Å²) in [5, 5.41) is 5.45. The Labute approximate surface area is 123 Å². The lowest BCUT2D eigenvalue weighted by Gasteiger charge is -2.13. The fraction of sp³-hybridized carbons (Fsp3) is 0.429. The molecule has 0 saturated heterocycles. The van der Waals surface area contributed by atoms with E-state index in [2.05, 4.69) is 19.2 Å². The van der Waals surface area contributed by atoms with Gasteiger partial charge < -0.3 is 11.1 Å². The molecule has 0 aliphatic carbocycles. The number of urea groups is 1. The molecule has 6 heteroatoms. The zero-order valence-electron chi connectivity index (χ0n) is 11.8. The summed E-state index contributed by atoms with van der Waals surface area (Å²) in [7, 11) is 0. The van der Waals surface area contributed by atoms with E-state index in [0.717, 1.165) is 17.9 Å². The lowest BCUT2D eigenvalue weighted by molar-refractivity contribution is -0.117.